The van der Waals surface area contributed by atoms with Gasteiger partial charge in [0.15, 0.2) is 0 Å². The Morgan fingerprint density at radius 3 is 2.35 bits per heavy atom. The average Bonchev–Trinajstić information content (AvgIpc) is 3.09. The number of hydrogen-bond donors (Lipinski definition) is 0. The number of benzene rings is 2. The molecule has 3 nitrogen and oxygen atoms in total. The third-order valence-electron chi connectivity index (χ3n) is 4.30. The van der Waals surface area contributed by atoms with E-state index >= 15 is 0 Å². The Bertz CT molecular complexity index is 612. The summed E-state index contributed by atoms with van der Waals surface area (Å²) in [5.41, 5.74) is 2.40. The summed E-state index contributed by atoms with van der Waals surface area (Å²) in [6.07, 6.45) is 2.49. The van der Waals surface area contributed by atoms with E-state index in [2.05, 4.69) is 24.3 Å². The second-order valence-corrected chi connectivity index (χ2v) is 6.03. The molecule has 1 fully saturated rings. The van der Waals surface area contributed by atoms with Crippen molar-refractivity contribution in [2.45, 2.75) is 32.0 Å². The maximum atomic E-state index is 12.3. The molecule has 1 aliphatic rings. The van der Waals surface area contributed by atoms with Crippen LogP contribution in [0.1, 0.15) is 24.0 Å². The highest BCUT2D eigenvalue weighted by atomic mass is 16.5. The van der Waals surface area contributed by atoms with Gasteiger partial charge in [-0.3, -0.25) is 4.79 Å². The third-order valence-corrected chi connectivity index (χ3v) is 4.30. The summed E-state index contributed by atoms with van der Waals surface area (Å²) < 4.78 is 5.94. The van der Waals surface area contributed by atoms with Gasteiger partial charge in [0.1, 0.15) is 0 Å². The van der Waals surface area contributed by atoms with Crippen LogP contribution in [0.4, 0.5) is 0 Å². The molecule has 0 radical (unpaired) electrons. The molecule has 2 aromatic rings. The average molecular weight is 309 g/mol. The van der Waals surface area contributed by atoms with E-state index in [0.717, 1.165) is 25.9 Å². The Balaban J connectivity index is 1.41. The second-order valence-electron chi connectivity index (χ2n) is 6.03. The molecule has 1 amide bonds. The number of likely N-dealkylation sites (tertiary alicyclic amines) is 1. The summed E-state index contributed by atoms with van der Waals surface area (Å²) in [5.74, 6) is 0.236. The van der Waals surface area contributed by atoms with E-state index in [1.807, 2.05) is 41.3 Å². The molecule has 120 valence electrons. The Morgan fingerprint density at radius 2 is 1.65 bits per heavy atom. The number of amides is 1. The van der Waals surface area contributed by atoms with Gasteiger partial charge in [0.2, 0.25) is 5.91 Å². The van der Waals surface area contributed by atoms with Crippen LogP contribution in [0.5, 0.6) is 0 Å². The van der Waals surface area contributed by atoms with Crippen LogP contribution in [0.3, 0.4) is 0 Å². The molecule has 1 saturated heterocycles. The normalized spacial score (nSPS) is 17.4. The van der Waals surface area contributed by atoms with Crippen molar-refractivity contribution in [3.63, 3.8) is 0 Å². The molecule has 0 spiro atoms. The van der Waals surface area contributed by atoms with E-state index in [1.165, 1.54) is 11.1 Å². The maximum Gasteiger partial charge on any atom is 0.222 e. The lowest BCUT2D eigenvalue weighted by Gasteiger charge is -2.17. The molecule has 1 unspecified atom stereocenters. The van der Waals surface area contributed by atoms with Crippen LogP contribution < -0.4 is 0 Å². The lowest BCUT2D eigenvalue weighted by Crippen LogP contribution is -2.30. The van der Waals surface area contributed by atoms with Crippen molar-refractivity contribution in [3.05, 3.63) is 71.8 Å². The number of carbonyl (C=O) groups excluding carboxylic acids is 1. The lowest BCUT2D eigenvalue weighted by molar-refractivity contribution is -0.130. The fraction of sp³-hybridized carbons (Fsp3) is 0.350. The Morgan fingerprint density at radius 1 is 1.00 bits per heavy atom. The molecule has 0 bridgehead atoms. The van der Waals surface area contributed by atoms with E-state index in [-0.39, 0.29) is 12.0 Å². The molecule has 0 aromatic heterocycles. The van der Waals surface area contributed by atoms with Gasteiger partial charge >= 0.3 is 0 Å². The Labute approximate surface area is 137 Å². The molecule has 1 heterocycles. The zero-order chi connectivity index (χ0) is 15.9. The predicted molar refractivity (Wildman–Crippen MR) is 91.0 cm³/mol. The summed E-state index contributed by atoms with van der Waals surface area (Å²) in [6.45, 7) is 2.16. The second kappa shape index (κ2) is 7.93. The smallest absolute Gasteiger partial charge is 0.222 e. The van der Waals surface area contributed by atoms with Crippen LogP contribution in [-0.4, -0.2) is 30.0 Å². The quantitative estimate of drug-likeness (QED) is 0.818. The van der Waals surface area contributed by atoms with Crippen molar-refractivity contribution >= 4 is 5.91 Å². The third kappa shape index (κ3) is 4.67. The number of rotatable bonds is 6. The molecule has 0 aliphatic carbocycles. The minimum absolute atomic E-state index is 0.163. The fourth-order valence-electron chi connectivity index (χ4n) is 2.93. The van der Waals surface area contributed by atoms with Gasteiger partial charge in [-0.1, -0.05) is 60.7 Å². The predicted octanol–water partition coefficient (Wildman–Crippen LogP) is 3.44. The van der Waals surface area contributed by atoms with Crippen molar-refractivity contribution in [1.29, 1.82) is 0 Å². The molecule has 3 rings (SSSR count). The number of ether oxygens (including phenoxy) is 1. The monoisotopic (exact) mass is 309 g/mol. The van der Waals surface area contributed by atoms with Gasteiger partial charge in [0.25, 0.3) is 0 Å². The van der Waals surface area contributed by atoms with Gasteiger partial charge in [-0.2, -0.15) is 0 Å². The molecule has 23 heavy (non-hydrogen) atoms. The van der Waals surface area contributed by atoms with Gasteiger partial charge in [-0.15, -0.1) is 0 Å². The molecular formula is C20H23NO2. The van der Waals surface area contributed by atoms with E-state index in [1.54, 1.807) is 0 Å². The highest BCUT2D eigenvalue weighted by molar-refractivity contribution is 5.76. The van der Waals surface area contributed by atoms with Crippen molar-refractivity contribution in [1.82, 2.24) is 4.90 Å². The standard InChI is InChI=1S/C20H23NO2/c22-20(12-11-17-7-3-1-4-8-17)21-14-13-19(15-21)23-16-18-9-5-2-6-10-18/h1-10,19H,11-16H2. The van der Waals surface area contributed by atoms with Crippen molar-refractivity contribution < 1.29 is 9.53 Å². The van der Waals surface area contributed by atoms with Gasteiger partial charge in [0.05, 0.1) is 12.7 Å². The Kier molecular flexibility index (Phi) is 5.43. The first-order valence-electron chi connectivity index (χ1n) is 8.28. The molecular weight excluding hydrogens is 286 g/mol. The highest BCUT2D eigenvalue weighted by Crippen LogP contribution is 2.16. The lowest BCUT2D eigenvalue weighted by atomic mass is 10.1. The Hall–Kier alpha value is -2.13. The largest absolute Gasteiger partial charge is 0.372 e. The first-order chi connectivity index (χ1) is 11.3. The number of hydrogen-bond acceptors (Lipinski definition) is 2. The minimum atomic E-state index is 0.163. The van der Waals surface area contributed by atoms with Crippen molar-refractivity contribution in [3.8, 4) is 0 Å². The summed E-state index contributed by atoms with van der Waals surface area (Å²) in [4.78, 5) is 14.3. The number of nitrogens with zero attached hydrogens (tertiary/aromatic N) is 1. The van der Waals surface area contributed by atoms with E-state index in [9.17, 15) is 4.79 Å². The van der Waals surface area contributed by atoms with Crippen LogP contribution in [0.2, 0.25) is 0 Å². The minimum Gasteiger partial charge on any atom is -0.372 e. The fourth-order valence-corrected chi connectivity index (χ4v) is 2.93. The zero-order valence-corrected chi connectivity index (χ0v) is 13.4. The first kappa shape index (κ1) is 15.8. The summed E-state index contributed by atoms with van der Waals surface area (Å²) >= 11 is 0. The molecule has 1 aliphatic heterocycles. The van der Waals surface area contributed by atoms with Crippen LogP contribution in [0.15, 0.2) is 60.7 Å². The molecule has 1 atom stereocenters. The van der Waals surface area contributed by atoms with E-state index < -0.39 is 0 Å². The SMILES string of the molecule is O=C(CCc1ccccc1)N1CCC(OCc2ccccc2)C1. The van der Waals surface area contributed by atoms with Crippen molar-refractivity contribution in [2.24, 2.45) is 0 Å². The molecule has 0 N–H and O–H groups in total. The maximum absolute atomic E-state index is 12.3. The van der Waals surface area contributed by atoms with E-state index in [0.29, 0.717) is 13.0 Å². The van der Waals surface area contributed by atoms with Gasteiger partial charge in [-0.25, -0.2) is 0 Å². The van der Waals surface area contributed by atoms with Gasteiger partial charge in [-0.05, 0) is 24.0 Å². The summed E-state index contributed by atoms with van der Waals surface area (Å²) in [7, 11) is 0. The highest BCUT2D eigenvalue weighted by Gasteiger charge is 2.26. The van der Waals surface area contributed by atoms with Crippen molar-refractivity contribution in [2.75, 3.05) is 13.1 Å². The first-order valence-corrected chi connectivity index (χ1v) is 8.28. The van der Waals surface area contributed by atoms with Crippen LogP contribution >= 0.6 is 0 Å². The molecule has 2 aromatic carbocycles. The van der Waals surface area contributed by atoms with Gasteiger partial charge < -0.3 is 9.64 Å². The summed E-state index contributed by atoms with van der Waals surface area (Å²) in [6, 6.07) is 20.4. The number of aryl methyl sites for hydroxylation is 1. The number of carbonyl (C=O) groups is 1. The van der Waals surface area contributed by atoms with Crippen LogP contribution in [0.25, 0.3) is 0 Å². The van der Waals surface area contributed by atoms with Crippen LogP contribution in [0, 0.1) is 0 Å². The topological polar surface area (TPSA) is 29.5 Å². The summed E-state index contributed by atoms with van der Waals surface area (Å²) in [5, 5.41) is 0. The van der Waals surface area contributed by atoms with Gasteiger partial charge in [0, 0.05) is 19.5 Å². The zero-order valence-electron chi connectivity index (χ0n) is 13.4. The van der Waals surface area contributed by atoms with Crippen LogP contribution in [-0.2, 0) is 22.6 Å². The van der Waals surface area contributed by atoms with E-state index in [4.69, 9.17) is 4.74 Å². The molecule has 0 saturated carbocycles. The molecule has 3 heteroatoms.